The normalized spacial score (nSPS) is 16.7. The van der Waals surface area contributed by atoms with Crippen molar-refractivity contribution < 1.29 is 14.6 Å². The molecule has 1 heterocycles. The first-order valence-electron chi connectivity index (χ1n) is 8.68. The molecule has 1 unspecified atom stereocenters. The predicted octanol–water partition coefficient (Wildman–Crippen LogP) is 2.93. The van der Waals surface area contributed by atoms with Crippen molar-refractivity contribution in [2.24, 2.45) is 0 Å². The summed E-state index contributed by atoms with van der Waals surface area (Å²) < 4.78 is 5.57. The Morgan fingerprint density at radius 1 is 1.19 bits per heavy atom. The van der Waals surface area contributed by atoms with Crippen molar-refractivity contribution in [1.82, 2.24) is 10.2 Å². The summed E-state index contributed by atoms with van der Waals surface area (Å²) >= 11 is 0. The smallest absolute Gasteiger partial charge is 0.261 e. The predicted molar refractivity (Wildman–Crippen MR) is 104 cm³/mol. The van der Waals surface area contributed by atoms with Crippen molar-refractivity contribution in [3.8, 4) is 11.5 Å². The van der Waals surface area contributed by atoms with Gasteiger partial charge < -0.3 is 20.1 Å². The van der Waals surface area contributed by atoms with Gasteiger partial charge in [0.15, 0.2) is 6.61 Å². The molecule has 1 amide bonds. The third-order valence-electron chi connectivity index (χ3n) is 4.54. The number of phenols is 1. The molecule has 1 atom stereocenters. The number of hydrogen-bond acceptors (Lipinski definition) is 4. The van der Waals surface area contributed by atoms with E-state index in [1.165, 1.54) is 5.56 Å². The van der Waals surface area contributed by atoms with Gasteiger partial charge in [-0.3, -0.25) is 4.79 Å². The number of hydrogen-bond donors (Lipinski definition) is 2. The highest BCUT2D eigenvalue weighted by Gasteiger charge is 2.28. The van der Waals surface area contributed by atoms with Gasteiger partial charge in [-0.25, -0.2) is 0 Å². The van der Waals surface area contributed by atoms with E-state index in [0.717, 1.165) is 25.1 Å². The summed E-state index contributed by atoms with van der Waals surface area (Å²) in [5, 5.41) is 12.7. The fourth-order valence-electron chi connectivity index (χ4n) is 3.05. The van der Waals surface area contributed by atoms with Gasteiger partial charge in [0.05, 0.1) is 6.04 Å². The molecule has 1 aliphatic heterocycles. The zero-order chi connectivity index (χ0) is 17.6. The number of aromatic hydroxyl groups is 1. The van der Waals surface area contributed by atoms with E-state index in [0.29, 0.717) is 12.3 Å². The van der Waals surface area contributed by atoms with E-state index in [9.17, 15) is 9.90 Å². The molecule has 1 aliphatic rings. The zero-order valence-electron chi connectivity index (χ0n) is 14.9. The third kappa shape index (κ3) is 4.90. The second kappa shape index (κ2) is 9.46. The molecule has 2 aromatic rings. The Morgan fingerprint density at radius 3 is 2.54 bits per heavy atom. The van der Waals surface area contributed by atoms with Crippen molar-refractivity contribution in [3.63, 3.8) is 0 Å². The number of ether oxygens (including phenoxy) is 1. The lowest BCUT2D eigenvalue weighted by atomic mass is 10.0. The van der Waals surface area contributed by atoms with Crippen molar-refractivity contribution in [2.45, 2.75) is 19.4 Å². The van der Waals surface area contributed by atoms with Crippen LogP contribution in [0.3, 0.4) is 0 Å². The van der Waals surface area contributed by atoms with Crippen molar-refractivity contribution in [1.29, 1.82) is 0 Å². The van der Waals surface area contributed by atoms with Crippen LogP contribution < -0.4 is 10.1 Å². The van der Waals surface area contributed by atoms with E-state index in [2.05, 4.69) is 36.5 Å². The summed E-state index contributed by atoms with van der Waals surface area (Å²) in [4.78, 5) is 14.6. The summed E-state index contributed by atoms with van der Waals surface area (Å²) in [6.45, 7) is 4.32. The molecule has 0 spiro atoms. The first-order valence-corrected chi connectivity index (χ1v) is 8.68. The number of amides is 1. The Hall–Kier alpha value is -2.24. The van der Waals surface area contributed by atoms with Crippen LogP contribution in [-0.4, -0.2) is 42.2 Å². The Labute approximate surface area is 160 Å². The number of rotatable bonds is 5. The molecule has 140 valence electrons. The molecule has 0 bridgehead atoms. The number of benzene rings is 2. The standard InChI is InChI=1S/C20H24N2O3.ClH/c1-2-15-3-5-16(6-4-15)19-13-21-11-12-22(19)20(24)14-25-18-9-7-17(23)8-10-18;/h3-10,19,21,23H,2,11-14H2,1H3;1H. The van der Waals surface area contributed by atoms with Crippen LogP contribution in [0.5, 0.6) is 11.5 Å². The molecule has 2 aromatic carbocycles. The van der Waals surface area contributed by atoms with Crippen LogP contribution in [0.1, 0.15) is 24.1 Å². The van der Waals surface area contributed by atoms with E-state index >= 15 is 0 Å². The molecule has 5 nitrogen and oxygen atoms in total. The fourth-order valence-corrected chi connectivity index (χ4v) is 3.05. The maximum atomic E-state index is 12.7. The quantitative estimate of drug-likeness (QED) is 0.842. The summed E-state index contributed by atoms with van der Waals surface area (Å²) in [7, 11) is 0. The first-order chi connectivity index (χ1) is 12.2. The molecule has 1 saturated heterocycles. The number of halogens is 1. The Balaban J connectivity index is 0.00000243. The average molecular weight is 377 g/mol. The van der Waals surface area contributed by atoms with Crippen LogP contribution >= 0.6 is 12.4 Å². The Bertz CT molecular complexity index is 704. The Morgan fingerprint density at radius 2 is 1.88 bits per heavy atom. The number of phenolic OH excluding ortho intramolecular Hbond substituents is 1. The first kappa shape index (κ1) is 20.1. The minimum Gasteiger partial charge on any atom is -0.508 e. The van der Waals surface area contributed by atoms with Crippen LogP contribution in [0.2, 0.25) is 0 Å². The van der Waals surface area contributed by atoms with Gasteiger partial charge in [0.2, 0.25) is 0 Å². The monoisotopic (exact) mass is 376 g/mol. The van der Waals surface area contributed by atoms with E-state index < -0.39 is 0 Å². The lowest BCUT2D eigenvalue weighted by molar-refractivity contribution is -0.136. The second-order valence-electron chi connectivity index (χ2n) is 6.18. The molecule has 6 heteroatoms. The number of carbonyl (C=O) groups is 1. The van der Waals surface area contributed by atoms with Gasteiger partial charge >= 0.3 is 0 Å². The molecule has 0 aromatic heterocycles. The highest BCUT2D eigenvalue weighted by Crippen LogP contribution is 2.23. The fraction of sp³-hybridized carbons (Fsp3) is 0.350. The van der Waals surface area contributed by atoms with Crippen LogP contribution in [0.25, 0.3) is 0 Å². The maximum Gasteiger partial charge on any atom is 0.261 e. The van der Waals surface area contributed by atoms with Gasteiger partial charge in [0, 0.05) is 19.6 Å². The van der Waals surface area contributed by atoms with Crippen LogP contribution in [0.4, 0.5) is 0 Å². The number of nitrogens with zero attached hydrogens (tertiary/aromatic N) is 1. The van der Waals surface area contributed by atoms with Gasteiger partial charge in [-0.05, 0) is 41.8 Å². The molecule has 26 heavy (non-hydrogen) atoms. The summed E-state index contributed by atoms with van der Waals surface area (Å²) in [5.41, 5.74) is 2.43. The van der Waals surface area contributed by atoms with E-state index in [4.69, 9.17) is 4.74 Å². The SMILES string of the molecule is CCc1ccc(C2CNCCN2C(=O)COc2ccc(O)cc2)cc1.Cl. The summed E-state index contributed by atoms with van der Waals surface area (Å²) in [5.74, 6) is 0.723. The van der Waals surface area contributed by atoms with Crippen molar-refractivity contribution in [2.75, 3.05) is 26.2 Å². The lowest BCUT2D eigenvalue weighted by Crippen LogP contribution is -2.50. The summed E-state index contributed by atoms with van der Waals surface area (Å²) in [6.07, 6.45) is 1.01. The van der Waals surface area contributed by atoms with Crippen LogP contribution in [-0.2, 0) is 11.2 Å². The van der Waals surface area contributed by atoms with Crippen molar-refractivity contribution in [3.05, 3.63) is 59.7 Å². The van der Waals surface area contributed by atoms with Crippen LogP contribution in [0, 0.1) is 0 Å². The summed E-state index contributed by atoms with van der Waals surface area (Å²) in [6, 6.07) is 14.9. The average Bonchev–Trinajstić information content (AvgIpc) is 2.67. The lowest BCUT2D eigenvalue weighted by Gasteiger charge is -2.36. The highest BCUT2D eigenvalue weighted by atomic mass is 35.5. The number of nitrogens with one attached hydrogen (secondary N) is 1. The van der Waals surface area contributed by atoms with Gasteiger partial charge in [-0.1, -0.05) is 31.2 Å². The number of piperazine rings is 1. The van der Waals surface area contributed by atoms with Gasteiger partial charge in [0.25, 0.3) is 5.91 Å². The third-order valence-corrected chi connectivity index (χ3v) is 4.54. The number of aryl methyl sites for hydroxylation is 1. The van der Waals surface area contributed by atoms with Gasteiger partial charge in [0.1, 0.15) is 11.5 Å². The van der Waals surface area contributed by atoms with Crippen molar-refractivity contribution >= 4 is 18.3 Å². The van der Waals surface area contributed by atoms with Crippen LogP contribution in [0.15, 0.2) is 48.5 Å². The molecule has 2 N–H and O–H groups in total. The highest BCUT2D eigenvalue weighted by molar-refractivity contribution is 5.85. The topological polar surface area (TPSA) is 61.8 Å². The molecule has 3 rings (SSSR count). The second-order valence-corrected chi connectivity index (χ2v) is 6.18. The molecule has 0 aliphatic carbocycles. The molecule has 0 radical (unpaired) electrons. The molecular weight excluding hydrogens is 352 g/mol. The zero-order valence-corrected chi connectivity index (χ0v) is 15.7. The molecule has 1 fully saturated rings. The van der Waals surface area contributed by atoms with E-state index in [1.54, 1.807) is 24.3 Å². The molecular formula is C20H25ClN2O3. The van der Waals surface area contributed by atoms with E-state index in [-0.39, 0.29) is 36.7 Å². The minimum atomic E-state index is -0.0286. The van der Waals surface area contributed by atoms with E-state index in [1.807, 2.05) is 4.90 Å². The van der Waals surface area contributed by atoms with Gasteiger partial charge in [-0.2, -0.15) is 0 Å². The maximum absolute atomic E-state index is 12.7. The minimum absolute atomic E-state index is 0. The largest absolute Gasteiger partial charge is 0.508 e. The Kier molecular flexibility index (Phi) is 7.30. The number of carbonyl (C=O) groups excluding carboxylic acids is 1. The van der Waals surface area contributed by atoms with Gasteiger partial charge in [-0.15, -0.1) is 12.4 Å². The molecule has 0 saturated carbocycles.